The largest absolute Gasteiger partial charge is 0.355 e. The van der Waals surface area contributed by atoms with Crippen LogP contribution in [-0.2, 0) is 20.1 Å². The summed E-state index contributed by atoms with van der Waals surface area (Å²) in [5, 5.41) is 7.87. The van der Waals surface area contributed by atoms with E-state index in [1.165, 1.54) is 22.3 Å². The summed E-state index contributed by atoms with van der Waals surface area (Å²) in [6, 6.07) is 5.07. The van der Waals surface area contributed by atoms with Crippen LogP contribution in [0.3, 0.4) is 0 Å². The molecular formula is C22H16BrF3N8O2S. The van der Waals surface area contributed by atoms with Gasteiger partial charge in [0.1, 0.15) is 6.33 Å². The Bertz CT molecular complexity index is 1770. The predicted molar refractivity (Wildman–Crippen MR) is 134 cm³/mol. The fourth-order valence-corrected chi connectivity index (χ4v) is 4.94. The molecule has 5 aromatic rings. The number of hydrogen-bond donors (Lipinski definition) is 1. The van der Waals surface area contributed by atoms with E-state index in [1.54, 1.807) is 19.2 Å². The summed E-state index contributed by atoms with van der Waals surface area (Å²) < 4.78 is 46.0. The second-order valence-electron chi connectivity index (χ2n) is 8.04. The molecule has 0 saturated carbocycles. The molecule has 0 aliphatic carbocycles. The van der Waals surface area contributed by atoms with Gasteiger partial charge in [0.05, 0.1) is 34.0 Å². The average molecular weight is 593 g/mol. The van der Waals surface area contributed by atoms with Crippen LogP contribution in [0, 0.1) is 24.4 Å². The van der Waals surface area contributed by atoms with Crippen molar-refractivity contribution >= 4 is 49.1 Å². The van der Waals surface area contributed by atoms with E-state index in [9.17, 15) is 22.8 Å². The van der Waals surface area contributed by atoms with Gasteiger partial charge in [-0.15, -0.1) is 11.3 Å². The fourth-order valence-electron chi connectivity index (χ4n) is 3.66. The van der Waals surface area contributed by atoms with Gasteiger partial charge in [0.15, 0.2) is 23.3 Å². The Labute approximate surface area is 218 Å². The van der Waals surface area contributed by atoms with Gasteiger partial charge in [-0.05, 0) is 52.7 Å². The van der Waals surface area contributed by atoms with Gasteiger partial charge in [-0.3, -0.25) is 9.25 Å². The molecule has 0 spiro atoms. The standard InChI is InChI=1S/C22H16BrF3N8O2S/c1-10-28-16-5-12(23)15(6-17(16)37-10)29-20-30-21(35)34(8-18-27-9-32(2)31-18)22(36)33(20)7-11-3-13(24)19(26)14(25)4-11/h3-6,9H,7-8H2,1-2H3,(H,29,30,35). The monoisotopic (exact) mass is 592 g/mol. The van der Waals surface area contributed by atoms with Crippen LogP contribution < -0.4 is 16.7 Å². The smallest absolute Gasteiger partial charge is 0.324 e. The first-order valence-electron chi connectivity index (χ1n) is 10.6. The molecule has 0 amide bonds. The molecule has 0 unspecified atom stereocenters. The number of halogens is 4. The number of aromatic nitrogens is 7. The van der Waals surface area contributed by atoms with E-state index in [-0.39, 0.29) is 23.9 Å². The van der Waals surface area contributed by atoms with E-state index in [2.05, 4.69) is 41.3 Å². The molecule has 3 heterocycles. The van der Waals surface area contributed by atoms with Crippen molar-refractivity contribution in [2.24, 2.45) is 7.05 Å². The average Bonchev–Trinajstić information content (AvgIpc) is 3.41. The molecule has 10 nitrogen and oxygen atoms in total. The molecule has 190 valence electrons. The minimum Gasteiger partial charge on any atom is -0.324 e. The lowest BCUT2D eigenvalue weighted by Crippen LogP contribution is -2.43. The highest BCUT2D eigenvalue weighted by Gasteiger charge is 2.19. The van der Waals surface area contributed by atoms with Gasteiger partial charge in [-0.1, -0.05) is 0 Å². The zero-order valence-electron chi connectivity index (χ0n) is 19.2. The van der Waals surface area contributed by atoms with Crippen molar-refractivity contribution < 1.29 is 13.2 Å². The molecule has 0 aliphatic rings. The van der Waals surface area contributed by atoms with Crippen molar-refractivity contribution in [1.29, 1.82) is 0 Å². The molecule has 2 aromatic carbocycles. The highest BCUT2D eigenvalue weighted by molar-refractivity contribution is 9.10. The van der Waals surface area contributed by atoms with Crippen molar-refractivity contribution in [2.45, 2.75) is 20.0 Å². The minimum atomic E-state index is -1.63. The van der Waals surface area contributed by atoms with Crippen LogP contribution in [0.5, 0.6) is 0 Å². The van der Waals surface area contributed by atoms with Crippen LogP contribution >= 0.6 is 27.3 Å². The fraction of sp³-hybridized carbons (Fsp3) is 0.182. The quantitative estimate of drug-likeness (QED) is 0.300. The number of benzene rings is 2. The molecule has 0 bridgehead atoms. The number of aryl methyl sites for hydroxylation is 2. The summed E-state index contributed by atoms with van der Waals surface area (Å²) >= 11 is 4.89. The predicted octanol–water partition coefficient (Wildman–Crippen LogP) is 3.47. The Morgan fingerprint density at radius 1 is 1.03 bits per heavy atom. The molecule has 37 heavy (non-hydrogen) atoms. The van der Waals surface area contributed by atoms with Gasteiger partial charge in [0, 0.05) is 11.5 Å². The van der Waals surface area contributed by atoms with Gasteiger partial charge < -0.3 is 5.32 Å². The summed E-state index contributed by atoms with van der Waals surface area (Å²) in [7, 11) is 1.62. The van der Waals surface area contributed by atoms with Gasteiger partial charge >= 0.3 is 11.4 Å². The maximum absolute atomic E-state index is 13.9. The van der Waals surface area contributed by atoms with E-state index in [0.717, 1.165) is 36.5 Å². The van der Waals surface area contributed by atoms with Crippen LogP contribution in [0.4, 0.5) is 24.8 Å². The van der Waals surface area contributed by atoms with Crippen molar-refractivity contribution in [3.05, 3.63) is 89.9 Å². The lowest BCUT2D eigenvalue weighted by molar-refractivity contribution is 0.444. The van der Waals surface area contributed by atoms with Crippen molar-refractivity contribution in [3.63, 3.8) is 0 Å². The highest BCUT2D eigenvalue weighted by Crippen LogP contribution is 2.32. The Morgan fingerprint density at radius 3 is 2.43 bits per heavy atom. The number of nitrogens with zero attached hydrogens (tertiary/aromatic N) is 7. The van der Waals surface area contributed by atoms with E-state index >= 15 is 0 Å². The van der Waals surface area contributed by atoms with Crippen LogP contribution in [0.2, 0.25) is 0 Å². The molecule has 0 saturated heterocycles. The van der Waals surface area contributed by atoms with Gasteiger partial charge in [0.25, 0.3) is 0 Å². The van der Waals surface area contributed by atoms with Crippen molar-refractivity contribution in [1.82, 2.24) is 33.9 Å². The molecule has 1 N–H and O–H groups in total. The van der Waals surface area contributed by atoms with Gasteiger partial charge in [0.2, 0.25) is 5.95 Å². The number of nitrogens with one attached hydrogen (secondary N) is 1. The Balaban J connectivity index is 1.63. The van der Waals surface area contributed by atoms with Crippen LogP contribution in [0.15, 0.2) is 44.7 Å². The zero-order valence-corrected chi connectivity index (χ0v) is 21.6. The van der Waals surface area contributed by atoms with Crippen molar-refractivity contribution in [2.75, 3.05) is 5.32 Å². The third-order valence-corrected chi connectivity index (χ3v) is 6.90. The SMILES string of the molecule is Cc1nc2cc(Br)c(Nc3nc(=O)n(Cc4ncn(C)n4)c(=O)n3Cc3cc(F)c(F)c(F)c3)cc2s1. The summed E-state index contributed by atoms with van der Waals surface area (Å²) in [6.45, 7) is 1.16. The van der Waals surface area contributed by atoms with E-state index in [0.29, 0.717) is 10.2 Å². The van der Waals surface area contributed by atoms with Crippen LogP contribution in [0.1, 0.15) is 16.4 Å². The summed E-state index contributed by atoms with van der Waals surface area (Å²) in [6.07, 6.45) is 1.40. The molecule has 5 rings (SSSR count). The summed E-state index contributed by atoms with van der Waals surface area (Å²) in [5.41, 5.74) is -0.570. The molecule has 3 aromatic heterocycles. The Morgan fingerprint density at radius 2 is 1.76 bits per heavy atom. The van der Waals surface area contributed by atoms with E-state index < -0.39 is 35.4 Å². The lowest BCUT2D eigenvalue weighted by atomic mass is 10.2. The number of thiazole rings is 1. The zero-order chi connectivity index (χ0) is 26.4. The van der Waals surface area contributed by atoms with Crippen LogP contribution in [0.25, 0.3) is 10.2 Å². The first-order valence-corrected chi connectivity index (χ1v) is 12.2. The molecular weight excluding hydrogens is 577 g/mol. The topological polar surface area (TPSA) is 113 Å². The van der Waals surface area contributed by atoms with E-state index in [4.69, 9.17) is 0 Å². The van der Waals surface area contributed by atoms with E-state index in [1.807, 2.05) is 6.92 Å². The number of hydrogen-bond acceptors (Lipinski definition) is 8. The molecule has 15 heteroatoms. The second kappa shape index (κ2) is 9.55. The minimum absolute atomic E-state index is 0.0582. The third kappa shape index (κ3) is 4.91. The van der Waals surface area contributed by atoms with Gasteiger partial charge in [-0.25, -0.2) is 37.3 Å². The molecule has 0 radical (unpaired) electrons. The number of anilines is 2. The van der Waals surface area contributed by atoms with Gasteiger partial charge in [-0.2, -0.15) is 10.1 Å². The number of rotatable bonds is 6. The van der Waals surface area contributed by atoms with Crippen LogP contribution in [-0.4, -0.2) is 33.9 Å². The Kier molecular flexibility index (Phi) is 6.41. The maximum atomic E-state index is 13.9. The second-order valence-corrected chi connectivity index (χ2v) is 10.1. The first kappa shape index (κ1) is 24.8. The first-order chi connectivity index (χ1) is 17.6. The maximum Gasteiger partial charge on any atom is 0.355 e. The van der Waals surface area contributed by atoms with Crippen molar-refractivity contribution in [3.8, 4) is 0 Å². The molecule has 0 fully saturated rings. The summed E-state index contributed by atoms with van der Waals surface area (Å²) in [4.78, 5) is 38.8. The molecule has 0 atom stereocenters. The Hall–Kier alpha value is -3.85. The molecule has 0 aliphatic heterocycles. The lowest BCUT2D eigenvalue weighted by Gasteiger charge is -2.16. The third-order valence-electron chi connectivity index (χ3n) is 5.31. The summed E-state index contributed by atoms with van der Waals surface area (Å²) in [5.74, 6) is -4.46. The highest BCUT2D eigenvalue weighted by atomic mass is 79.9. The normalized spacial score (nSPS) is 11.4. The number of fused-ring (bicyclic) bond motifs is 1.